The van der Waals surface area contributed by atoms with Gasteiger partial charge in [-0.3, -0.25) is 0 Å². The fourth-order valence-corrected chi connectivity index (χ4v) is 2.43. The van der Waals surface area contributed by atoms with Crippen LogP contribution in [0.4, 0.5) is 8.78 Å². The largest absolute Gasteiger partial charge is 0.497 e. The first-order chi connectivity index (χ1) is 13.5. The lowest BCUT2D eigenvalue weighted by molar-refractivity contribution is -0.0498. The van der Waals surface area contributed by atoms with Crippen LogP contribution in [-0.4, -0.2) is 37.9 Å². The number of ether oxygens (including phenoxy) is 2. The molecule has 0 bridgehead atoms. The van der Waals surface area contributed by atoms with Crippen molar-refractivity contribution in [3.63, 3.8) is 0 Å². The Hall–Kier alpha value is -2.14. The quantitative estimate of drug-likeness (QED) is 0.267. The van der Waals surface area contributed by atoms with Crippen molar-refractivity contribution in [1.82, 2.24) is 10.6 Å². The van der Waals surface area contributed by atoms with Gasteiger partial charge in [0.25, 0.3) is 0 Å². The zero-order valence-corrected chi connectivity index (χ0v) is 18.6. The number of halogens is 3. The summed E-state index contributed by atoms with van der Waals surface area (Å²) in [6.45, 7) is 0.424. The van der Waals surface area contributed by atoms with E-state index in [1.165, 1.54) is 12.1 Å². The summed E-state index contributed by atoms with van der Waals surface area (Å²) in [5, 5.41) is 16.5. The van der Waals surface area contributed by atoms with Crippen molar-refractivity contribution >= 4 is 29.9 Å². The first-order valence-corrected chi connectivity index (χ1v) is 8.89. The van der Waals surface area contributed by atoms with Crippen LogP contribution in [0.1, 0.15) is 24.2 Å². The van der Waals surface area contributed by atoms with Crippen LogP contribution in [0.2, 0.25) is 0 Å². The van der Waals surface area contributed by atoms with Crippen LogP contribution in [-0.2, 0) is 6.54 Å². The van der Waals surface area contributed by atoms with E-state index in [1.807, 2.05) is 31.2 Å². The van der Waals surface area contributed by atoms with Gasteiger partial charge in [0.15, 0.2) is 5.96 Å². The predicted octanol–water partition coefficient (Wildman–Crippen LogP) is 3.70. The fraction of sp³-hybridized carbons (Fsp3) is 0.350. The van der Waals surface area contributed by atoms with Crippen molar-refractivity contribution in [3.05, 3.63) is 59.7 Å². The van der Waals surface area contributed by atoms with E-state index in [9.17, 15) is 13.9 Å². The Labute approximate surface area is 186 Å². The third-order valence-electron chi connectivity index (χ3n) is 3.88. The van der Waals surface area contributed by atoms with Crippen molar-refractivity contribution in [1.29, 1.82) is 0 Å². The summed E-state index contributed by atoms with van der Waals surface area (Å²) in [5.41, 5.74) is 1.60. The lowest BCUT2D eigenvalue weighted by atomic mass is 10.1. The van der Waals surface area contributed by atoms with Gasteiger partial charge in [-0.15, -0.1) is 24.0 Å². The molecule has 0 saturated heterocycles. The number of hydrogen-bond donors (Lipinski definition) is 3. The molecule has 2 rings (SSSR count). The van der Waals surface area contributed by atoms with Gasteiger partial charge in [-0.2, -0.15) is 8.78 Å². The molecule has 160 valence electrons. The van der Waals surface area contributed by atoms with Gasteiger partial charge < -0.3 is 25.2 Å². The van der Waals surface area contributed by atoms with Crippen LogP contribution in [0, 0.1) is 0 Å². The van der Waals surface area contributed by atoms with Crippen molar-refractivity contribution in [2.24, 2.45) is 4.99 Å². The molecular formula is C20H26F2IN3O3. The second kappa shape index (κ2) is 13.2. The summed E-state index contributed by atoms with van der Waals surface area (Å²) < 4.78 is 33.8. The van der Waals surface area contributed by atoms with Gasteiger partial charge >= 0.3 is 6.61 Å². The number of methoxy groups -OCH3 is 1. The molecule has 0 aliphatic rings. The van der Waals surface area contributed by atoms with E-state index in [-0.39, 0.29) is 36.3 Å². The number of benzene rings is 2. The van der Waals surface area contributed by atoms with Crippen LogP contribution < -0.4 is 20.1 Å². The van der Waals surface area contributed by atoms with Crippen LogP contribution in [0.25, 0.3) is 0 Å². The zero-order valence-electron chi connectivity index (χ0n) is 16.3. The molecule has 0 aromatic heterocycles. The minimum absolute atomic E-state index is 0. The Morgan fingerprint density at radius 3 is 2.21 bits per heavy atom. The average Bonchev–Trinajstić information content (AvgIpc) is 2.70. The molecular weight excluding hydrogens is 495 g/mol. The topological polar surface area (TPSA) is 75.1 Å². The average molecular weight is 521 g/mol. The zero-order chi connectivity index (χ0) is 20.4. The monoisotopic (exact) mass is 521 g/mol. The molecule has 0 saturated carbocycles. The van der Waals surface area contributed by atoms with Crippen molar-refractivity contribution in [2.75, 3.05) is 20.2 Å². The highest BCUT2D eigenvalue weighted by molar-refractivity contribution is 14.0. The summed E-state index contributed by atoms with van der Waals surface area (Å²) >= 11 is 0. The van der Waals surface area contributed by atoms with E-state index in [2.05, 4.69) is 20.4 Å². The van der Waals surface area contributed by atoms with E-state index >= 15 is 0 Å². The lowest BCUT2D eigenvalue weighted by Gasteiger charge is -2.16. The van der Waals surface area contributed by atoms with Gasteiger partial charge in [0, 0.05) is 13.1 Å². The molecule has 0 heterocycles. The molecule has 2 aromatic carbocycles. The van der Waals surface area contributed by atoms with Crippen molar-refractivity contribution < 1.29 is 23.4 Å². The third-order valence-corrected chi connectivity index (χ3v) is 3.88. The van der Waals surface area contributed by atoms with Gasteiger partial charge in [-0.05, 0) is 42.3 Å². The molecule has 0 spiro atoms. The minimum atomic E-state index is -2.87. The molecule has 3 N–H and O–H groups in total. The first-order valence-electron chi connectivity index (χ1n) is 8.89. The van der Waals surface area contributed by atoms with Crippen LogP contribution >= 0.6 is 24.0 Å². The van der Waals surface area contributed by atoms with Gasteiger partial charge in [-0.25, -0.2) is 4.99 Å². The molecule has 9 heteroatoms. The van der Waals surface area contributed by atoms with Crippen LogP contribution in [0.5, 0.6) is 11.5 Å². The number of guanidine groups is 1. The van der Waals surface area contributed by atoms with Gasteiger partial charge in [0.1, 0.15) is 11.5 Å². The van der Waals surface area contributed by atoms with Crippen molar-refractivity contribution in [3.8, 4) is 11.5 Å². The maximum Gasteiger partial charge on any atom is 0.387 e. The number of aliphatic imine (C=N–C) groups is 1. The number of rotatable bonds is 9. The van der Waals surface area contributed by atoms with Crippen LogP contribution in [0.3, 0.4) is 0 Å². The number of nitrogens with one attached hydrogen (secondary N) is 2. The van der Waals surface area contributed by atoms with E-state index < -0.39 is 12.7 Å². The molecule has 0 amide bonds. The molecule has 1 unspecified atom stereocenters. The first kappa shape index (κ1) is 24.9. The third kappa shape index (κ3) is 8.82. The van der Waals surface area contributed by atoms with E-state index in [4.69, 9.17) is 4.74 Å². The number of aliphatic hydroxyl groups is 1. The number of aliphatic hydroxyl groups excluding tert-OH is 1. The summed E-state index contributed by atoms with van der Waals surface area (Å²) in [6, 6.07) is 13.5. The van der Waals surface area contributed by atoms with Crippen LogP contribution in [0.15, 0.2) is 53.5 Å². The Morgan fingerprint density at radius 1 is 1.03 bits per heavy atom. The highest BCUT2D eigenvalue weighted by Gasteiger charge is 2.10. The maximum atomic E-state index is 12.2. The molecule has 29 heavy (non-hydrogen) atoms. The smallest absolute Gasteiger partial charge is 0.387 e. The van der Waals surface area contributed by atoms with Gasteiger partial charge in [0.2, 0.25) is 0 Å². The van der Waals surface area contributed by atoms with E-state index in [1.54, 1.807) is 19.2 Å². The number of hydrogen-bond acceptors (Lipinski definition) is 4. The van der Waals surface area contributed by atoms with Gasteiger partial charge in [-0.1, -0.05) is 24.3 Å². The molecule has 0 fully saturated rings. The summed E-state index contributed by atoms with van der Waals surface area (Å²) in [5.74, 6) is 1.40. The molecule has 1 atom stereocenters. The summed E-state index contributed by atoms with van der Waals surface area (Å²) in [7, 11) is 1.62. The van der Waals surface area contributed by atoms with Crippen molar-refractivity contribution in [2.45, 2.75) is 26.2 Å². The van der Waals surface area contributed by atoms with E-state index in [0.29, 0.717) is 24.6 Å². The Balaban J connectivity index is 0.00000420. The molecule has 0 radical (unpaired) electrons. The molecule has 0 aliphatic heterocycles. The Kier molecular flexibility index (Phi) is 11.3. The maximum absolute atomic E-state index is 12.2. The summed E-state index contributed by atoms with van der Waals surface area (Å²) in [6.07, 6.45) is -0.828. The second-order valence-corrected chi connectivity index (χ2v) is 5.89. The lowest BCUT2D eigenvalue weighted by Crippen LogP contribution is -2.39. The second-order valence-electron chi connectivity index (χ2n) is 5.89. The highest BCUT2D eigenvalue weighted by Crippen LogP contribution is 2.19. The number of nitrogens with zero attached hydrogens (tertiary/aromatic N) is 1. The highest BCUT2D eigenvalue weighted by atomic mass is 127. The minimum Gasteiger partial charge on any atom is -0.497 e. The molecule has 6 nitrogen and oxygen atoms in total. The Bertz CT molecular complexity index is 744. The SMILES string of the molecule is CCNC(=NCc1ccc(OC)cc1)NCC(O)c1ccc(OC(F)F)cc1.I. The predicted molar refractivity (Wildman–Crippen MR) is 119 cm³/mol. The summed E-state index contributed by atoms with van der Waals surface area (Å²) in [4.78, 5) is 4.49. The van der Waals surface area contributed by atoms with Gasteiger partial charge in [0.05, 0.1) is 19.8 Å². The fourth-order valence-electron chi connectivity index (χ4n) is 2.43. The van der Waals surface area contributed by atoms with E-state index in [0.717, 1.165) is 11.3 Å². The molecule has 2 aromatic rings. The normalized spacial score (nSPS) is 12.1. The standard InChI is InChI=1S/C20H25F2N3O3.HI/c1-3-23-20(24-12-14-4-8-16(27-2)9-5-14)25-13-18(26)15-6-10-17(11-7-15)28-19(21)22;/h4-11,18-19,26H,3,12-13H2,1-2H3,(H2,23,24,25);1H. The molecule has 0 aliphatic carbocycles. The number of alkyl halides is 2. The Morgan fingerprint density at radius 2 is 1.66 bits per heavy atom.